The van der Waals surface area contributed by atoms with Crippen molar-refractivity contribution in [3.8, 4) is 28.3 Å². The van der Waals surface area contributed by atoms with Crippen LogP contribution in [0.2, 0.25) is 10.0 Å². The number of carbonyl (C=O) groups is 1. The first-order valence-corrected chi connectivity index (χ1v) is 11.4. The van der Waals surface area contributed by atoms with Gasteiger partial charge in [-0.15, -0.1) is 0 Å². The lowest BCUT2D eigenvalue weighted by Gasteiger charge is -2.19. The van der Waals surface area contributed by atoms with Crippen LogP contribution < -0.4 is 0 Å². The molecule has 0 bridgehead atoms. The topological polar surface area (TPSA) is 38.1 Å². The van der Waals surface area contributed by atoms with Gasteiger partial charge in [0, 0.05) is 34.9 Å². The summed E-state index contributed by atoms with van der Waals surface area (Å²) in [6.07, 6.45) is 0. The molecule has 33 heavy (non-hydrogen) atoms. The van der Waals surface area contributed by atoms with E-state index >= 15 is 4.39 Å². The quantitative estimate of drug-likeness (QED) is 0.293. The number of carbonyl (C=O) groups excluding carboxylic acids is 1. The Labute approximate surface area is 202 Å². The summed E-state index contributed by atoms with van der Waals surface area (Å²) in [5, 5.41) is 0.475. The van der Waals surface area contributed by atoms with Crippen LogP contribution in [0.5, 0.6) is 0 Å². The van der Waals surface area contributed by atoms with E-state index in [0.29, 0.717) is 35.3 Å². The van der Waals surface area contributed by atoms with Crippen molar-refractivity contribution in [1.29, 1.82) is 0 Å². The van der Waals surface area contributed by atoms with E-state index in [4.69, 9.17) is 28.2 Å². The zero-order valence-electron chi connectivity index (χ0n) is 18.2. The van der Waals surface area contributed by atoms with Crippen molar-refractivity contribution in [2.24, 2.45) is 0 Å². The average molecular weight is 482 g/mol. The maximum atomic E-state index is 15.4. The Morgan fingerprint density at radius 1 is 0.970 bits per heavy atom. The summed E-state index contributed by atoms with van der Waals surface area (Å²) in [5.41, 5.74) is 2.10. The van der Waals surface area contributed by atoms with Crippen molar-refractivity contribution in [2.45, 2.75) is 13.8 Å². The minimum absolute atomic E-state index is 0.0335. The van der Waals surface area contributed by atoms with E-state index < -0.39 is 5.82 Å². The van der Waals surface area contributed by atoms with Crippen molar-refractivity contribution in [1.82, 2.24) is 14.5 Å². The number of hydrogen-bond acceptors (Lipinski definition) is 2. The third kappa shape index (κ3) is 4.39. The van der Waals surface area contributed by atoms with Crippen molar-refractivity contribution in [2.75, 3.05) is 13.1 Å². The zero-order chi connectivity index (χ0) is 23.5. The van der Waals surface area contributed by atoms with Crippen molar-refractivity contribution in [3.63, 3.8) is 0 Å². The van der Waals surface area contributed by atoms with Gasteiger partial charge in [0.25, 0.3) is 5.91 Å². The molecular weight excluding hydrogens is 460 g/mol. The molecule has 0 saturated heterocycles. The fourth-order valence-corrected chi connectivity index (χ4v) is 4.17. The molecule has 7 heteroatoms. The van der Waals surface area contributed by atoms with Gasteiger partial charge < -0.3 is 4.90 Å². The van der Waals surface area contributed by atoms with Gasteiger partial charge in [0.15, 0.2) is 11.5 Å². The Balaban J connectivity index is 2.14. The summed E-state index contributed by atoms with van der Waals surface area (Å²) in [7, 11) is 0. The first kappa shape index (κ1) is 23.0. The van der Waals surface area contributed by atoms with Gasteiger partial charge >= 0.3 is 0 Å². The van der Waals surface area contributed by atoms with Crippen LogP contribution in [0.25, 0.3) is 28.3 Å². The van der Waals surface area contributed by atoms with Gasteiger partial charge in [0.05, 0.1) is 10.7 Å². The standard InChI is InChI=1S/C26H22Cl2FN3O/c1-3-31(4-2)26(33)23-24(20-14-9-15-21(28)22(20)29)32(19-13-8-12-18(27)16-19)25(30-23)17-10-6-5-7-11-17/h5-16H,3-4H2,1-2H3. The van der Waals surface area contributed by atoms with Gasteiger partial charge in [-0.1, -0.05) is 65.7 Å². The third-order valence-electron chi connectivity index (χ3n) is 5.44. The SMILES string of the molecule is CCN(CC)C(=O)c1nc(-c2ccccc2)n(-c2cccc(Cl)c2)c1-c1cccc(Cl)c1F. The molecule has 0 aliphatic carbocycles. The van der Waals surface area contributed by atoms with Crippen LogP contribution in [0.15, 0.2) is 72.8 Å². The number of imidazole rings is 1. The van der Waals surface area contributed by atoms with E-state index in [1.807, 2.05) is 50.2 Å². The number of amides is 1. The molecule has 4 aromatic rings. The molecular formula is C26H22Cl2FN3O. The van der Waals surface area contributed by atoms with Crippen LogP contribution in [0.1, 0.15) is 24.3 Å². The minimum atomic E-state index is -0.615. The molecule has 4 rings (SSSR count). The summed E-state index contributed by atoms with van der Waals surface area (Å²) < 4.78 is 17.1. The van der Waals surface area contributed by atoms with E-state index in [0.717, 1.165) is 5.56 Å². The highest BCUT2D eigenvalue weighted by molar-refractivity contribution is 6.31. The van der Waals surface area contributed by atoms with Crippen molar-refractivity contribution >= 4 is 29.1 Å². The van der Waals surface area contributed by atoms with Gasteiger partial charge in [-0.05, 0) is 44.2 Å². The summed E-state index contributed by atoms with van der Waals surface area (Å²) in [6.45, 7) is 4.79. The number of nitrogens with zero attached hydrogens (tertiary/aromatic N) is 3. The molecule has 1 aromatic heterocycles. The van der Waals surface area contributed by atoms with Crippen LogP contribution in [-0.4, -0.2) is 33.4 Å². The van der Waals surface area contributed by atoms with Crippen LogP contribution in [0.3, 0.4) is 0 Å². The molecule has 0 aliphatic rings. The number of halogens is 3. The predicted octanol–water partition coefficient (Wildman–Crippen LogP) is 7.13. The second-order valence-electron chi connectivity index (χ2n) is 7.39. The highest BCUT2D eigenvalue weighted by Gasteiger charge is 2.29. The minimum Gasteiger partial charge on any atom is -0.338 e. The Morgan fingerprint density at radius 3 is 2.33 bits per heavy atom. The van der Waals surface area contributed by atoms with Crippen LogP contribution in [-0.2, 0) is 0 Å². The molecule has 0 N–H and O–H groups in total. The van der Waals surface area contributed by atoms with Gasteiger partial charge in [-0.2, -0.15) is 0 Å². The Morgan fingerprint density at radius 2 is 1.67 bits per heavy atom. The summed E-state index contributed by atoms with van der Waals surface area (Å²) >= 11 is 12.4. The number of benzene rings is 3. The Bertz CT molecular complexity index is 1300. The molecule has 0 unspecified atom stereocenters. The van der Waals surface area contributed by atoms with Crippen molar-refractivity contribution in [3.05, 3.63) is 94.4 Å². The molecule has 3 aromatic carbocycles. The summed E-state index contributed by atoms with van der Waals surface area (Å²) in [5.74, 6) is -0.398. The van der Waals surface area contributed by atoms with E-state index in [1.54, 1.807) is 39.8 Å². The lowest BCUT2D eigenvalue weighted by Crippen LogP contribution is -2.31. The van der Waals surface area contributed by atoms with Crippen LogP contribution in [0.4, 0.5) is 4.39 Å². The van der Waals surface area contributed by atoms with E-state index in [9.17, 15) is 4.79 Å². The maximum Gasteiger partial charge on any atom is 0.274 e. The van der Waals surface area contributed by atoms with Crippen LogP contribution in [0, 0.1) is 5.82 Å². The lowest BCUT2D eigenvalue weighted by molar-refractivity contribution is 0.0768. The number of hydrogen-bond donors (Lipinski definition) is 0. The largest absolute Gasteiger partial charge is 0.338 e. The zero-order valence-corrected chi connectivity index (χ0v) is 19.7. The smallest absolute Gasteiger partial charge is 0.274 e. The van der Waals surface area contributed by atoms with Gasteiger partial charge in [-0.3, -0.25) is 9.36 Å². The lowest BCUT2D eigenvalue weighted by atomic mass is 10.1. The van der Waals surface area contributed by atoms with Gasteiger partial charge in [0.1, 0.15) is 5.82 Å². The first-order valence-electron chi connectivity index (χ1n) is 10.6. The normalized spacial score (nSPS) is 10.9. The van der Waals surface area contributed by atoms with Gasteiger partial charge in [-0.25, -0.2) is 9.37 Å². The third-order valence-corrected chi connectivity index (χ3v) is 5.96. The molecule has 4 nitrogen and oxygen atoms in total. The average Bonchev–Trinajstić information content (AvgIpc) is 3.22. The van der Waals surface area contributed by atoms with Crippen molar-refractivity contribution < 1.29 is 9.18 Å². The highest BCUT2D eigenvalue weighted by atomic mass is 35.5. The molecule has 168 valence electrons. The molecule has 0 spiro atoms. The predicted molar refractivity (Wildman–Crippen MR) is 132 cm³/mol. The fraction of sp³-hybridized carbons (Fsp3) is 0.154. The van der Waals surface area contributed by atoms with E-state index in [-0.39, 0.29) is 22.2 Å². The van der Waals surface area contributed by atoms with E-state index in [2.05, 4.69) is 0 Å². The summed E-state index contributed by atoms with van der Waals surface area (Å²) in [6, 6.07) is 21.4. The number of aromatic nitrogens is 2. The molecule has 1 amide bonds. The second-order valence-corrected chi connectivity index (χ2v) is 8.24. The Hall–Kier alpha value is -3.15. The molecule has 0 atom stereocenters. The van der Waals surface area contributed by atoms with Gasteiger partial charge in [0.2, 0.25) is 0 Å². The molecule has 1 heterocycles. The summed E-state index contributed by atoms with van der Waals surface area (Å²) in [4.78, 5) is 20.0. The molecule has 0 aliphatic heterocycles. The Kier molecular flexibility index (Phi) is 6.82. The first-order chi connectivity index (χ1) is 16.0. The highest BCUT2D eigenvalue weighted by Crippen LogP contribution is 2.37. The number of rotatable bonds is 6. The van der Waals surface area contributed by atoms with Crippen LogP contribution >= 0.6 is 23.2 Å². The molecule has 0 radical (unpaired) electrons. The monoisotopic (exact) mass is 481 g/mol. The maximum absolute atomic E-state index is 15.4. The van der Waals surface area contributed by atoms with E-state index in [1.165, 1.54) is 6.07 Å². The fourth-order valence-electron chi connectivity index (χ4n) is 3.81. The molecule has 0 fully saturated rings. The second kappa shape index (κ2) is 9.77. The molecule has 0 saturated carbocycles.